The molecular formula is C12H13N5O3. The predicted octanol–water partition coefficient (Wildman–Crippen LogP) is -1.28. The molecule has 0 unspecified atom stereocenters. The lowest BCUT2D eigenvalue weighted by atomic mass is 10.1. The Bertz CT molecular complexity index is 801. The highest BCUT2D eigenvalue weighted by atomic mass is 16.2. The third-order valence-corrected chi connectivity index (χ3v) is 3.43. The summed E-state index contributed by atoms with van der Waals surface area (Å²) in [6, 6.07) is 2.88. The van der Waals surface area contributed by atoms with E-state index in [4.69, 9.17) is 0 Å². The van der Waals surface area contributed by atoms with E-state index in [1.54, 1.807) is 0 Å². The Balaban J connectivity index is 2.00. The van der Waals surface area contributed by atoms with Gasteiger partial charge in [0, 0.05) is 44.3 Å². The molecule has 1 aliphatic rings. The minimum atomic E-state index is -0.456. The van der Waals surface area contributed by atoms with Crippen LogP contribution >= 0.6 is 0 Å². The smallest absolute Gasteiger partial charge is 0.329 e. The van der Waals surface area contributed by atoms with Gasteiger partial charge in [0.25, 0.3) is 11.1 Å². The van der Waals surface area contributed by atoms with Crippen LogP contribution in [0.2, 0.25) is 0 Å². The average Bonchev–Trinajstić information content (AvgIpc) is 2.43. The summed E-state index contributed by atoms with van der Waals surface area (Å²) in [5.41, 5.74) is 0.567. The van der Waals surface area contributed by atoms with Crippen LogP contribution in [-0.4, -0.2) is 26.3 Å². The van der Waals surface area contributed by atoms with Crippen molar-refractivity contribution >= 4 is 5.82 Å². The average molecular weight is 275 g/mol. The summed E-state index contributed by atoms with van der Waals surface area (Å²) in [6.45, 7) is 1.06. The molecule has 20 heavy (non-hydrogen) atoms. The number of fused-ring (bicyclic) bond motifs is 1. The number of rotatable bonds is 1. The first-order valence-electron chi connectivity index (χ1n) is 6.17. The summed E-state index contributed by atoms with van der Waals surface area (Å²) >= 11 is 0. The standard InChI is InChI=1S/C12H13N5O3/c1-16-11(19)5-9(13-12(16)20)17-3-2-8-7(6-17)4-10(18)15-14-8/h4-5H,2-3,6H2,1H3,(H,13,20)(H,15,18). The van der Waals surface area contributed by atoms with Crippen LogP contribution in [0.25, 0.3) is 0 Å². The number of aromatic nitrogens is 4. The topological polar surface area (TPSA) is 104 Å². The van der Waals surface area contributed by atoms with E-state index in [2.05, 4.69) is 15.2 Å². The number of aromatic amines is 2. The van der Waals surface area contributed by atoms with E-state index in [-0.39, 0.29) is 11.1 Å². The van der Waals surface area contributed by atoms with Gasteiger partial charge < -0.3 is 4.90 Å². The van der Waals surface area contributed by atoms with Gasteiger partial charge in [0.2, 0.25) is 0 Å². The van der Waals surface area contributed by atoms with Gasteiger partial charge in [-0.3, -0.25) is 19.1 Å². The van der Waals surface area contributed by atoms with Gasteiger partial charge in [0.05, 0.1) is 5.69 Å². The normalized spacial score (nSPS) is 14.2. The van der Waals surface area contributed by atoms with Crippen molar-refractivity contribution in [2.24, 2.45) is 7.05 Å². The van der Waals surface area contributed by atoms with E-state index in [0.717, 1.165) is 15.8 Å². The highest BCUT2D eigenvalue weighted by molar-refractivity contribution is 5.41. The van der Waals surface area contributed by atoms with Gasteiger partial charge in [0.15, 0.2) is 0 Å². The lowest BCUT2D eigenvalue weighted by Crippen LogP contribution is -2.38. The van der Waals surface area contributed by atoms with Crippen LogP contribution < -0.4 is 21.7 Å². The van der Waals surface area contributed by atoms with Crippen molar-refractivity contribution in [2.45, 2.75) is 13.0 Å². The van der Waals surface area contributed by atoms with Crippen LogP contribution in [0.15, 0.2) is 26.5 Å². The molecule has 0 spiro atoms. The number of anilines is 1. The maximum atomic E-state index is 11.7. The molecule has 0 aliphatic carbocycles. The summed E-state index contributed by atoms with van der Waals surface area (Å²) in [6.07, 6.45) is 0.642. The Kier molecular flexibility index (Phi) is 2.78. The minimum absolute atomic E-state index is 0.261. The molecule has 2 aromatic rings. The summed E-state index contributed by atoms with van der Waals surface area (Å²) in [5, 5.41) is 6.40. The third-order valence-electron chi connectivity index (χ3n) is 3.43. The lowest BCUT2D eigenvalue weighted by Gasteiger charge is -2.28. The second kappa shape index (κ2) is 4.48. The zero-order valence-electron chi connectivity index (χ0n) is 10.8. The summed E-state index contributed by atoms with van der Waals surface area (Å²) in [4.78, 5) is 39.1. The molecule has 8 heteroatoms. The molecule has 3 rings (SSSR count). The molecule has 0 amide bonds. The van der Waals surface area contributed by atoms with Gasteiger partial charge >= 0.3 is 5.69 Å². The Labute approximate surface area is 112 Å². The Morgan fingerprint density at radius 3 is 2.80 bits per heavy atom. The van der Waals surface area contributed by atoms with Crippen molar-refractivity contribution in [3.63, 3.8) is 0 Å². The van der Waals surface area contributed by atoms with Crippen molar-refractivity contribution in [3.8, 4) is 0 Å². The van der Waals surface area contributed by atoms with Crippen LogP contribution in [-0.2, 0) is 20.0 Å². The molecule has 0 saturated carbocycles. The summed E-state index contributed by atoms with van der Waals surface area (Å²) in [7, 11) is 1.42. The largest absolute Gasteiger partial charge is 0.353 e. The highest BCUT2D eigenvalue weighted by Crippen LogP contribution is 2.18. The summed E-state index contributed by atoms with van der Waals surface area (Å²) in [5.74, 6) is 0.462. The van der Waals surface area contributed by atoms with Crippen LogP contribution in [0.3, 0.4) is 0 Å². The van der Waals surface area contributed by atoms with E-state index in [0.29, 0.717) is 25.3 Å². The molecule has 3 heterocycles. The monoisotopic (exact) mass is 275 g/mol. The van der Waals surface area contributed by atoms with Crippen LogP contribution in [0.1, 0.15) is 11.3 Å². The third kappa shape index (κ3) is 2.04. The molecule has 104 valence electrons. The van der Waals surface area contributed by atoms with Gasteiger partial charge in [-0.25, -0.2) is 9.89 Å². The van der Waals surface area contributed by atoms with E-state index in [1.165, 1.54) is 19.2 Å². The first-order chi connectivity index (χ1) is 9.54. The Morgan fingerprint density at radius 2 is 2.05 bits per heavy atom. The predicted molar refractivity (Wildman–Crippen MR) is 71.9 cm³/mol. The van der Waals surface area contributed by atoms with Crippen LogP contribution in [0.4, 0.5) is 5.82 Å². The van der Waals surface area contributed by atoms with Crippen LogP contribution in [0.5, 0.6) is 0 Å². The van der Waals surface area contributed by atoms with Crippen LogP contribution in [0, 0.1) is 0 Å². The molecule has 0 fully saturated rings. The van der Waals surface area contributed by atoms with Gasteiger partial charge in [-0.05, 0) is 0 Å². The van der Waals surface area contributed by atoms with E-state index >= 15 is 0 Å². The van der Waals surface area contributed by atoms with E-state index < -0.39 is 5.69 Å². The maximum Gasteiger partial charge on any atom is 0.329 e. The number of nitrogens with zero attached hydrogens (tertiary/aromatic N) is 3. The Morgan fingerprint density at radius 1 is 1.25 bits per heavy atom. The zero-order chi connectivity index (χ0) is 14.3. The van der Waals surface area contributed by atoms with Crippen molar-refractivity contribution < 1.29 is 0 Å². The van der Waals surface area contributed by atoms with Crippen molar-refractivity contribution in [1.29, 1.82) is 0 Å². The quantitative estimate of drug-likeness (QED) is 0.674. The second-order valence-corrected chi connectivity index (χ2v) is 4.73. The number of nitrogens with one attached hydrogen (secondary N) is 2. The maximum absolute atomic E-state index is 11.7. The number of hydrogen-bond donors (Lipinski definition) is 2. The zero-order valence-corrected chi connectivity index (χ0v) is 10.8. The number of H-pyrrole nitrogens is 2. The molecule has 8 nitrogen and oxygen atoms in total. The Hall–Kier alpha value is -2.64. The molecule has 2 aromatic heterocycles. The molecule has 0 aromatic carbocycles. The van der Waals surface area contributed by atoms with Crippen molar-refractivity contribution in [1.82, 2.24) is 19.7 Å². The molecule has 2 N–H and O–H groups in total. The second-order valence-electron chi connectivity index (χ2n) is 4.73. The van der Waals surface area contributed by atoms with Gasteiger partial charge in [0.1, 0.15) is 5.82 Å². The van der Waals surface area contributed by atoms with Gasteiger partial charge in [-0.2, -0.15) is 5.10 Å². The highest BCUT2D eigenvalue weighted by Gasteiger charge is 2.19. The molecular weight excluding hydrogens is 262 g/mol. The van der Waals surface area contributed by atoms with Gasteiger partial charge in [-0.1, -0.05) is 0 Å². The lowest BCUT2D eigenvalue weighted by molar-refractivity contribution is 0.671. The fourth-order valence-electron chi connectivity index (χ4n) is 2.27. The SMILES string of the molecule is Cn1c(=O)cc(N2CCc3n[nH]c(=O)cc3C2)[nH]c1=O. The van der Waals surface area contributed by atoms with Crippen molar-refractivity contribution in [2.75, 3.05) is 11.4 Å². The minimum Gasteiger partial charge on any atom is -0.353 e. The summed E-state index contributed by atoms with van der Waals surface area (Å²) < 4.78 is 1.01. The van der Waals surface area contributed by atoms with E-state index in [9.17, 15) is 14.4 Å². The fraction of sp³-hybridized carbons (Fsp3) is 0.333. The molecule has 0 atom stereocenters. The van der Waals surface area contributed by atoms with E-state index in [1.807, 2.05) is 4.90 Å². The molecule has 0 radical (unpaired) electrons. The van der Waals surface area contributed by atoms with Crippen molar-refractivity contribution in [3.05, 3.63) is 54.6 Å². The fourth-order valence-corrected chi connectivity index (χ4v) is 2.27. The molecule has 0 saturated heterocycles. The molecule has 0 bridgehead atoms. The first-order valence-corrected chi connectivity index (χ1v) is 6.17. The number of hydrogen-bond acceptors (Lipinski definition) is 5. The first kappa shape index (κ1) is 12.4. The molecule has 1 aliphatic heterocycles. The van der Waals surface area contributed by atoms with Gasteiger partial charge in [-0.15, -0.1) is 0 Å².